The molecule has 0 aromatic rings. The predicted octanol–water partition coefficient (Wildman–Crippen LogP) is -4.76. The fourth-order valence-corrected chi connectivity index (χ4v) is 0.335. The van der Waals surface area contributed by atoms with Gasteiger partial charge in [0.05, 0.1) is 12.0 Å². The average molecular weight is 150 g/mol. The van der Waals surface area contributed by atoms with E-state index in [1.54, 1.807) is 0 Å². The topological polar surface area (TPSA) is 76.0 Å². The van der Waals surface area contributed by atoms with Crippen LogP contribution in [0.2, 0.25) is 0 Å². The third kappa shape index (κ3) is 10.8. The maximum absolute atomic E-state index is 9.71. The second kappa shape index (κ2) is 8.92. The van der Waals surface area contributed by atoms with Crippen LogP contribution in [0.1, 0.15) is 6.42 Å². The van der Waals surface area contributed by atoms with Gasteiger partial charge in [-0.3, -0.25) is 0 Å². The van der Waals surface area contributed by atoms with E-state index in [2.05, 4.69) is 5.32 Å². The smallest absolute Gasteiger partial charge is 0.549 e. The quantitative estimate of drug-likeness (QED) is 0.322. The van der Waals surface area contributed by atoms with Crippen LogP contribution in [0.4, 0.5) is 0 Å². The van der Waals surface area contributed by atoms with Crippen molar-refractivity contribution in [2.24, 2.45) is 0 Å². The van der Waals surface area contributed by atoms with E-state index < -0.39 is 5.97 Å². The van der Waals surface area contributed by atoms with Crippen LogP contribution in [-0.2, 0) is 4.79 Å². The van der Waals surface area contributed by atoms with Gasteiger partial charge in [-0.2, -0.15) is 5.26 Å². The molecular formula is C5H7N2NaO2. The minimum Gasteiger partial charge on any atom is -0.549 e. The molecule has 0 amide bonds. The Kier molecular flexibility index (Phi) is 11.2. The number of nitrogens with one attached hydrogen (secondary N) is 1. The summed E-state index contributed by atoms with van der Waals surface area (Å²) in [5, 5.41) is 20.2. The van der Waals surface area contributed by atoms with E-state index in [1.165, 1.54) is 0 Å². The monoisotopic (exact) mass is 150 g/mol. The fourth-order valence-electron chi connectivity index (χ4n) is 0.335. The summed E-state index contributed by atoms with van der Waals surface area (Å²) in [6, 6.07) is 1.87. The molecule has 0 rings (SSSR count). The summed E-state index contributed by atoms with van der Waals surface area (Å²) in [5.41, 5.74) is 0. The van der Waals surface area contributed by atoms with Gasteiger partial charge in [0.1, 0.15) is 0 Å². The summed E-state index contributed by atoms with van der Waals surface area (Å²) in [6.07, 6.45) is 0.327. The zero-order chi connectivity index (χ0) is 7.11. The minimum atomic E-state index is -1.15. The number of carboxylic acid groups (broad SMARTS) is 1. The molecule has 10 heavy (non-hydrogen) atoms. The van der Waals surface area contributed by atoms with Crippen LogP contribution in [0, 0.1) is 11.3 Å². The number of hydrogen-bond acceptors (Lipinski definition) is 4. The second-order valence-corrected chi connectivity index (χ2v) is 1.46. The van der Waals surface area contributed by atoms with Gasteiger partial charge < -0.3 is 15.2 Å². The van der Waals surface area contributed by atoms with Gasteiger partial charge in [0.2, 0.25) is 0 Å². The Hall–Kier alpha value is -0.0800. The van der Waals surface area contributed by atoms with E-state index in [0.29, 0.717) is 13.0 Å². The molecule has 0 aliphatic carbocycles. The SMILES string of the molecule is N#CCCNCC(=O)[O-].[Na+]. The number of carbonyl (C=O) groups excluding carboxylic acids is 1. The number of aliphatic carboxylic acids is 1. The molecule has 0 spiro atoms. The average Bonchev–Trinajstić information content (AvgIpc) is 1.80. The van der Waals surface area contributed by atoms with Crippen LogP contribution in [0.3, 0.4) is 0 Å². The standard InChI is InChI=1S/C5H8N2O2.Na/c6-2-1-3-7-4-5(8)9;/h7H,1,3-4H2,(H,8,9);/q;+1/p-1. The normalized spacial score (nSPS) is 7.50. The molecule has 1 N–H and O–H groups in total. The first-order valence-electron chi connectivity index (χ1n) is 2.55. The van der Waals surface area contributed by atoms with Crippen molar-refractivity contribution in [2.75, 3.05) is 13.1 Å². The molecule has 0 saturated heterocycles. The number of carboxylic acids is 1. The van der Waals surface area contributed by atoms with Crippen LogP contribution in [-0.4, -0.2) is 19.1 Å². The Balaban J connectivity index is 0. The van der Waals surface area contributed by atoms with Crippen LogP contribution in [0.15, 0.2) is 0 Å². The molecule has 0 aromatic heterocycles. The van der Waals surface area contributed by atoms with Crippen molar-refractivity contribution in [3.05, 3.63) is 0 Å². The summed E-state index contributed by atoms with van der Waals surface area (Å²) in [5.74, 6) is -1.15. The minimum absolute atomic E-state index is 0. The summed E-state index contributed by atoms with van der Waals surface area (Å²) >= 11 is 0. The Bertz CT molecular complexity index is 132. The molecule has 0 aliphatic heterocycles. The Morgan fingerprint density at radius 2 is 2.30 bits per heavy atom. The van der Waals surface area contributed by atoms with E-state index in [1.807, 2.05) is 6.07 Å². The molecular weight excluding hydrogens is 143 g/mol. The van der Waals surface area contributed by atoms with Crippen LogP contribution in [0.5, 0.6) is 0 Å². The molecule has 0 fully saturated rings. The maximum Gasteiger partial charge on any atom is 1.00 e. The molecule has 0 unspecified atom stereocenters. The molecule has 0 radical (unpaired) electrons. The van der Waals surface area contributed by atoms with Gasteiger partial charge in [-0.1, -0.05) is 0 Å². The van der Waals surface area contributed by atoms with E-state index >= 15 is 0 Å². The Labute approximate surface area is 81.5 Å². The van der Waals surface area contributed by atoms with Crippen molar-refractivity contribution in [2.45, 2.75) is 6.42 Å². The molecule has 0 heterocycles. The van der Waals surface area contributed by atoms with E-state index in [4.69, 9.17) is 5.26 Å². The molecule has 0 aromatic carbocycles. The van der Waals surface area contributed by atoms with Crippen LogP contribution in [0.25, 0.3) is 0 Å². The first kappa shape index (κ1) is 12.6. The van der Waals surface area contributed by atoms with Crippen molar-refractivity contribution < 1.29 is 39.5 Å². The van der Waals surface area contributed by atoms with Gasteiger partial charge in [0.25, 0.3) is 0 Å². The number of nitrogens with zero attached hydrogens (tertiary/aromatic N) is 1. The summed E-state index contributed by atoms with van der Waals surface area (Å²) in [4.78, 5) is 9.71. The molecule has 4 nitrogen and oxygen atoms in total. The van der Waals surface area contributed by atoms with Gasteiger partial charge in [-0.05, 0) is 0 Å². The van der Waals surface area contributed by atoms with Crippen molar-refractivity contribution in [1.29, 1.82) is 5.26 Å². The first-order valence-corrected chi connectivity index (χ1v) is 2.55. The first-order chi connectivity index (χ1) is 4.27. The molecule has 0 aliphatic rings. The third-order valence-electron chi connectivity index (χ3n) is 0.683. The maximum atomic E-state index is 9.71. The second-order valence-electron chi connectivity index (χ2n) is 1.46. The number of nitriles is 1. The Morgan fingerprint density at radius 1 is 1.70 bits per heavy atom. The van der Waals surface area contributed by atoms with Gasteiger partial charge in [-0.15, -0.1) is 0 Å². The van der Waals surface area contributed by atoms with Crippen molar-refractivity contribution in [3.63, 3.8) is 0 Å². The molecule has 0 bridgehead atoms. The van der Waals surface area contributed by atoms with Crippen molar-refractivity contribution in [3.8, 4) is 6.07 Å². The Morgan fingerprint density at radius 3 is 2.70 bits per heavy atom. The molecule has 0 saturated carbocycles. The summed E-state index contributed by atoms with van der Waals surface area (Å²) in [7, 11) is 0. The van der Waals surface area contributed by atoms with Crippen molar-refractivity contribution in [1.82, 2.24) is 5.32 Å². The van der Waals surface area contributed by atoms with Crippen molar-refractivity contribution >= 4 is 5.97 Å². The van der Waals surface area contributed by atoms with Gasteiger partial charge in [0, 0.05) is 19.5 Å². The predicted molar refractivity (Wildman–Crippen MR) is 28.1 cm³/mol. The van der Waals surface area contributed by atoms with Gasteiger partial charge in [-0.25, -0.2) is 0 Å². The van der Waals surface area contributed by atoms with E-state index in [0.717, 1.165) is 0 Å². The number of hydrogen-bond donors (Lipinski definition) is 1. The molecule has 0 atom stereocenters. The van der Waals surface area contributed by atoms with Gasteiger partial charge >= 0.3 is 29.6 Å². The third-order valence-corrected chi connectivity index (χ3v) is 0.683. The fraction of sp³-hybridized carbons (Fsp3) is 0.600. The van der Waals surface area contributed by atoms with E-state index in [9.17, 15) is 9.90 Å². The number of rotatable bonds is 4. The van der Waals surface area contributed by atoms with Crippen LogP contribution >= 0.6 is 0 Å². The molecule has 5 heteroatoms. The van der Waals surface area contributed by atoms with E-state index in [-0.39, 0.29) is 36.1 Å². The zero-order valence-electron chi connectivity index (χ0n) is 5.89. The van der Waals surface area contributed by atoms with Crippen LogP contribution < -0.4 is 40.0 Å². The molecule has 50 valence electrons. The zero-order valence-corrected chi connectivity index (χ0v) is 7.89. The summed E-state index contributed by atoms with van der Waals surface area (Å²) < 4.78 is 0. The summed E-state index contributed by atoms with van der Waals surface area (Å²) in [6.45, 7) is 0.228. The van der Waals surface area contributed by atoms with Gasteiger partial charge in [0.15, 0.2) is 0 Å². The largest absolute Gasteiger partial charge is 1.00 e. The number of carbonyl (C=O) groups is 1.